The van der Waals surface area contributed by atoms with Gasteiger partial charge in [0.05, 0.1) is 0 Å². The van der Waals surface area contributed by atoms with Crippen LogP contribution in [0.15, 0.2) is 6.07 Å². The summed E-state index contributed by atoms with van der Waals surface area (Å²) in [6.45, 7) is 8.16. The summed E-state index contributed by atoms with van der Waals surface area (Å²) in [6.07, 6.45) is 1.55. The molecule has 0 aliphatic carbocycles. The Bertz CT molecular complexity index is 426. The van der Waals surface area contributed by atoms with Gasteiger partial charge in [-0.3, -0.25) is 0 Å². The Labute approximate surface area is 119 Å². The molecule has 1 aromatic rings. The van der Waals surface area contributed by atoms with Crippen LogP contribution in [0.3, 0.4) is 0 Å². The first-order valence-electron chi connectivity index (χ1n) is 6.84. The van der Waals surface area contributed by atoms with Crippen LogP contribution in [0.25, 0.3) is 0 Å². The van der Waals surface area contributed by atoms with Gasteiger partial charge in [0.2, 0.25) is 0 Å². The Kier molecular flexibility index (Phi) is 4.76. The monoisotopic (exact) mass is 284 g/mol. The molecule has 2 heterocycles. The van der Waals surface area contributed by atoms with Crippen LogP contribution >= 0.6 is 11.6 Å². The first-order valence-corrected chi connectivity index (χ1v) is 7.22. The van der Waals surface area contributed by atoms with E-state index in [4.69, 9.17) is 21.1 Å². The molecule has 1 aromatic heterocycles. The van der Waals surface area contributed by atoms with Crippen LogP contribution in [-0.2, 0) is 15.1 Å². The van der Waals surface area contributed by atoms with Crippen molar-refractivity contribution in [2.75, 3.05) is 19.8 Å². The molecule has 2 rings (SSSR count). The average molecular weight is 285 g/mol. The molecule has 0 unspecified atom stereocenters. The van der Waals surface area contributed by atoms with Crippen molar-refractivity contribution in [2.24, 2.45) is 0 Å². The second-order valence-electron chi connectivity index (χ2n) is 5.13. The molecule has 1 aliphatic rings. The second kappa shape index (κ2) is 6.16. The van der Waals surface area contributed by atoms with Crippen molar-refractivity contribution in [1.29, 1.82) is 0 Å². The number of aromatic nitrogens is 2. The van der Waals surface area contributed by atoms with E-state index in [0.29, 0.717) is 36.7 Å². The summed E-state index contributed by atoms with van der Waals surface area (Å²) in [5, 5.41) is 0.485. The van der Waals surface area contributed by atoms with Crippen molar-refractivity contribution in [1.82, 2.24) is 9.97 Å². The van der Waals surface area contributed by atoms with Gasteiger partial charge < -0.3 is 9.47 Å². The largest absolute Gasteiger partial charge is 0.381 e. The highest BCUT2D eigenvalue weighted by molar-refractivity contribution is 6.29. The zero-order chi connectivity index (χ0) is 13.9. The van der Waals surface area contributed by atoms with Gasteiger partial charge in [-0.15, -0.1) is 0 Å². The quantitative estimate of drug-likeness (QED) is 0.796. The van der Waals surface area contributed by atoms with E-state index in [1.165, 1.54) is 0 Å². The average Bonchev–Trinajstić information content (AvgIpc) is 2.39. The molecule has 0 atom stereocenters. The molecule has 0 aromatic carbocycles. The summed E-state index contributed by atoms with van der Waals surface area (Å²) < 4.78 is 11.4. The number of nitrogens with zero attached hydrogens (tertiary/aromatic N) is 2. The fourth-order valence-electron chi connectivity index (χ4n) is 2.34. The van der Waals surface area contributed by atoms with Crippen LogP contribution in [0, 0.1) is 0 Å². The van der Waals surface area contributed by atoms with E-state index >= 15 is 0 Å². The highest BCUT2D eigenvalue weighted by atomic mass is 35.5. The fourth-order valence-corrected chi connectivity index (χ4v) is 2.54. The zero-order valence-corrected chi connectivity index (χ0v) is 12.5. The molecule has 0 N–H and O–H groups in total. The van der Waals surface area contributed by atoms with Gasteiger partial charge >= 0.3 is 0 Å². The number of halogens is 1. The van der Waals surface area contributed by atoms with E-state index in [1.54, 1.807) is 0 Å². The predicted octanol–water partition coefficient (Wildman–Crippen LogP) is 3.30. The van der Waals surface area contributed by atoms with Gasteiger partial charge in [-0.05, 0) is 18.9 Å². The highest BCUT2D eigenvalue weighted by Crippen LogP contribution is 2.35. The second-order valence-corrected chi connectivity index (χ2v) is 5.52. The topological polar surface area (TPSA) is 44.2 Å². The molecule has 5 heteroatoms. The summed E-state index contributed by atoms with van der Waals surface area (Å²) in [5.74, 6) is 1.02. The zero-order valence-electron chi connectivity index (χ0n) is 11.8. The number of rotatable bonds is 4. The Morgan fingerprint density at radius 1 is 1.37 bits per heavy atom. The summed E-state index contributed by atoms with van der Waals surface area (Å²) in [6, 6.07) is 1.83. The first kappa shape index (κ1) is 14.7. The Morgan fingerprint density at radius 3 is 2.63 bits per heavy atom. The Hall–Kier alpha value is -0.710. The van der Waals surface area contributed by atoms with E-state index in [9.17, 15) is 0 Å². The summed E-state index contributed by atoms with van der Waals surface area (Å²) >= 11 is 6.14. The van der Waals surface area contributed by atoms with Crippen molar-refractivity contribution < 1.29 is 9.47 Å². The third-order valence-corrected chi connectivity index (χ3v) is 3.63. The van der Waals surface area contributed by atoms with E-state index in [2.05, 4.69) is 23.8 Å². The summed E-state index contributed by atoms with van der Waals surface area (Å²) in [4.78, 5) is 9.08. The van der Waals surface area contributed by atoms with Crippen molar-refractivity contribution in [3.05, 3.63) is 22.7 Å². The number of hydrogen-bond donors (Lipinski definition) is 0. The lowest BCUT2D eigenvalue weighted by Crippen LogP contribution is -2.38. The molecule has 0 spiro atoms. The van der Waals surface area contributed by atoms with Crippen molar-refractivity contribution in [3.63, 3.8) is 0 Å². The van der Waals surface area contributed by atoms with Gasteiger partial charge in [0.1, 0.15) is 10.8 Å². The van der Waals surface area contributed by atoms with Crippen LogP contribution in [0.1, 0.15) is 51.0 Å². The minimum Gasteiger partial charge on any atom is -0.381 e. The third kappa shape index (κ3) is 3.25. The predicted molar refractivity (Wildman–Crippen MR) is 74.5 cm³/mol. The number of ether oxygens (including phenoxy) is 2. The van der Waals surface area contributed by atoms with Crippen molar-refractivity contribution in [2.45, 2.75) is 45.1 Å². The third-order valence-electron chi connectivity index (χ3n) is 3.43. The Balaban J connectivity index is 2.40. The van der Waals surface area contributed by atoms with Gasteiger partial charge in [0, 0.05) is 38.4 Å². The molecular formula is C14H21ClN2O2. The minimum absolute atomic E-state index is 0.317. The SMILES string of the molecule is CCOC1(c2nc(Cl)cc(C(C)C)n2)CCOCC1. The van der Waals surface area contributed by atoms with Crippen molar-refractivity contribution >= 4 is 11.6 Å². The maximum Gasteiger partial charge on any atom is 0.162 e. The lowest BCUT2D eigenvalue weighted by molar-refractivity contribution is -0.118. The molecule has 0 radical (unpaired) electrons. The molecule has 1 saturated heterocycles. The van der Waals surface area contributed by atoms with Crippen LogP contribution in [-0.4, -0.2) is 29.8 Å². The maximum atomic E-state index is 6.14. The van der Waals surface area contributed by atoms with Crippen LogP contribution in [0.5, 0.6) is 0 Å². The molecule has 19 heavy (non-hydrogen) atoms. The van der Waals surface area contributed by atoms with Gasteiger partial charge in [-0.2, -0.15) is 0 Å². The molecular weight excluding hydrogens is 264 g/mol. The van der Waals surface area contributed by atoms with Gasteiger partial charge in [0.15, 0.2) is 5.82 Å². The highest BCUT2D eigenvalue weighted by Gasteiger charge is 2.38. The standard InChI is InChI=1S/C14H21ClN2O2/c1-4-19-14(5-7-18-8-6-14)13-16-11(10(2)3)9-12(15)17-13/h9-10H,4-8H2,1-3H3. The van der Waals surface area contributed by atoms with Gasteiger partial charge in [-0.25, -0.2) is 9.97 Å². The smallest absolute Gasteiger partial charge is 0.162 e. The molecule has 1 aliphatic heterocycles. The summed E-state index contributed by atoms with van der Waals surface area (Å²) in [7, 11) is 0. The summed E-state index contributed by atoms with van der Waals surface area (Å²) in [5.41, 5.74) is 0.516. The van der Waals surface area contributed by atoms with E-state index in [0.717, 1.165) is 18.5 Å². The van der Waals surface area contributed by atoms with Crippen LogP contribution in [0.2, 0.25) is 5.15 Å². The van der Waals surface area contributed by atoms with E-state index in [1.807, 2.05) is 13.0 Å². The van der Waals surface area contributed by atoms with Gasteiger partial charge in [0.25, 0.3) is 0 Å². The molecule has 1 fully saturated rings. The molecule has 0 saturated carbocycles. The molecule has 4 nitrogen and oxygen atoms in total. The van der Waals surface area contributed by atoms with Crippen LogP contribution < -0.4 is 0 Å². The normalized spacial score (nSPS) is 18.8. The maximum absolute atomic E-state index is 6.14. The minimum atomic E-state index is -0.443. The molecule has 106 valence electrons. The van der Waals surface area contributed by atoms with E-state index in [-0.39, 0.29) is 0 Å². The van der Waals surface area contributed by atoms with Gasteiger partial charge in [-0.1, -0.05) is 25.4 Å². The number of hydrogen-bond acceptors (Lipinski definition) is 4. The Morgan fingerprint density at radius 2 is 2.05 bits per heavy atom. The van der Waals surface area contributed by atoms with Crippen molar-refractivity contribution in [3.8, 4) is 0 Å². The lowest BCUT2D eigenvalue weighted by atomic mass is 9.92. The molecule has 0 bridgehead atoms. The fraction of sp³-hybridized carbons (Fsp3) is 0.714. The first-order chi connectivity index (χ1) is 9.07. The van der Waals surface area contributed by atoms with E-state index < -0.39 is 5.60 Å². The lowest BCUT2D eigenvalue weighted by Gasteiger charge is -2.35. The molecule has 0 amide bonds. The van der Waals surface area contributed by atoms with Crippen LogP contribution in [0.4, 0.5) is 0 Å².